The second-order valence-electron chi connectivity index (χ2n) is 15.7. The second kappa shape index (κ2) is 20.7. The fourth-order valence-corrected chi connectivity index (χ4v) is 8.73. The van der Waals surface area contributed by atoms with Crippen molar-refractivity contribution < 1.29 is 51.7 Å². The van der Waals surface area contributed by atoms with Gasteiger partial charge >= 0.3 is 18.2 Å². The normalized spacial score (nSPS) is 16.7. The number of hydrogen-bond acceptors (Lipinski definition) is 10. The zero-order valence-corrected chi connectivity index (χ0v) is 34.5. The average molecular weight is 818 g/mol. The number of rotatable bonds is 17. The van der Waals surface area contributed by atoms with E-state index in [4.69, 9.17) is 14.2 Å². The smallest absolute Gasteiger partial charge is 0.410 e. The highest BCUT2D eigenvalue weighted by Gasteiger charge is 2.31. The van der Waals surface area contributed by atoms with Crippen LogP contribution in [0.25, 0.3) is 10.8 Å². The Morgan fingerprint density at radius 1 is 0.860 bits per heavy atom. The molecule has 1 unspecified atom stereocenters. The van der Waals surface area contributed by atoms with Gasteiger partial charge in [-0.1, -0.05) is 24.3 Å². The van der Waals surface area contributed by atoms with E-state index in [1.807, 2.05) is 20.8 Å². The lowest BCUT2D eigenvalue weighted by Gasteiger charge is -2.34. The number of carboxylic acid groups (broad SMARTS) is 1. The maximum absolute atomic E-state index is 13.6. The number of amides is 4. The Morgan fingerprint density at radius 2 is 1.44 bits per heavy atom. The van der Waals surface area contributed by atoms with Crippen molar-refractivity contribution in [2.45, 2.75) is 95.6 Å². The summed E-state index contributed by atoms with van der Waals surface area (Å²) in [6, 6.07) is 8.22. The summed E-state index contributed by atoms with van der Waals surface area (Å²) in [4.78, 5) is 66.5. The SMILES string of the molecule is CCOC(=O)[C@H](CNC(=O)CNC(=O)C(CCC1CCN(C(=O)O)CC1)CCC1CCN(C(=O)OC(C)(C)C)CC1)NS(=O)(=O)c1ccc(OC)c2ccccc12. The van der Waals surface area contributed by atoms with E-state index in [1.165, 1.54) is 24.1 Å². The largest absolute Gasteiger partial charge is 0.496 e. The van der Waals surface area contributed by atoms with E-state index in [2.05, 4.69) is 15.4 Å². The predicted molar refractivity (Wildman–Crippen MR) is 212 cm³/mol. The highest BCUT2D eigenvalue weighted by molar-refractivity contribution is 7.89. The fourth-order valence-electron chi connectivity index (χ4n) is 7.34. The van der Waals surface area contributed by atoms with Crippen molar-refractivity contribution in [3.8, 4) is 5.75 Å². The van der Waals surface area contributed by atoms with Gasteiger partial charge in [-0.05, 0) is 103 Å². The Bertz CT molecular complexity index is 1820. The van der Waals surface area contributed by atoms with Crippen LogP contribution in [-0.2, 0) is 33.9 Å². The van der Waals surface area contributed by atoms with Crippen LogP contribution in [-0.4, -0.2) is 118 Å². The summed E-state index contributed by atoms with van der Waals surface area (Å²) in [7, 11) is -2.82. The number of carbonyl (C=O) groups excluding carboxylic acids is 4. The van der Waals surface area contributed by atoms with Gasteiger partial charge in [0.1, 0.15) is 17.4 Å². The fraction of sp³-hybridized carbons (Fsp3) is 0.625. The van der Waals surface area contributed by atoms with Gasteiger partial charge in [-0.3, -0.25) is 14.4 Å². The average Bonchev–Trinajstić information content (AvgIpc) is 3.17. The topological polar surface area (TPSA) is 210 Å². The van der Waals surface area contributed by atoms with Crippen LogP contribution in [0.4, 0.5) is 9.59 Å². The minimum Gasteiger partial charge on any atom is -0.496 e. The summed E-state index contributed by atoms with van der Waals surface area (Å²) in [6.45, 7) is 8.27. The van der Waals surface area contributed by atoms with E-state index in [1.54, 1.807) is 36.1 Å². The van der Waals surface area contributed by atoms with Gasteiger partial charge < -0.3 is 39.8 Å². The molecule has 316 valence electrons. The van der Waals surface area contributed by atoms with Gasteiger partial charge in [0, 0.05) is 49.4 Å². The van der Waals surface area contributed by atoms with Crippen LogP contribution in [0.3, 0.4) is 0 Å². The van der Waals surface area contributed by atoms with Gasteiger partial charge in [0.15, 0.2) is 0 Å². The molecule has 2 heterocycles. The Kier molecular flexibility index (Phi) is 16.4. The molecular formula is C40H59N5O11S. The quantitative estimate of drug-likeness (QED) is 0.163. The van der Waals surface area contributed by atoms with Crippen LogP contribution in [0, 0.1) is 17.8 Å². The number of carbonyl (C=O) groups is 5. The number of methoxy groups -OCH3 is 1. The molecule has 4 N–H and O–H groups in total. The second-order valence-corrected chi connectivity index (χ2v) is 17.4. The summed E-state index contributed by atoms with van der Waals surface area (Å²) in [5, 5.41) is 15.6. The summed E-state index contributed by atoms with van der Waals surface area (Å²) in [5.74, 6) is -1.15. The molecule has 2 fully saturated rings. The number of nitrogens with one attached hydrogen (secondary N) is 3. The minimum atomic E-state index is -4.30. The van der Waals surface area contributed by atoms with Gasteiger partial charge in [0.25, 0.3) is 0 Å². The summed E-state index contributed by atoms with van der Waals surface area (Å²) >= 11 is 0. The number of esters is 1. The molecular weight excluding hydrogens is 759 g/mol. The molecule has 2 saturated heterocycles. The van der Waals surface area contributed by atoms with Crippen molar-refractivity contribution in [1.82, 2.24) is 25.2 Å². The van der Waals surface area contributed by atoms with E-state index in [0.717, 1.165) is 25.7 Å². The van der Waals surface area contributed by atoms with Crippen molar-refractivity contribution in [1.29, 1.82) is 0 Å². The van der Waals surface area contributed by atoms with Gasteiger partial charge in [-0.25, -0.2) is 18.0 Å². The third-order valence-corrected chi connectivity index (χ3v) is 12.0. The molecule has 2 aromatic carbocycles. The summed E-state index contributed by atoms with van der Waals surface area (Å²) in [6.07, 6.45) is 4.36. The van der Waals surface area contributed by atoms with Crippen LogP contribution < -0.4 is 20.1 Å². The Hall–Kier alpha value is -4.64. The summed E-state index contributed by atoms with van der Waals surface area (Å²) < 4.78 is 45.6. The number of piperidine rings is 2. The molecule has 16 nitrogen and oxygen atoms in total. The predicted octanol–water partition coefficient (Wildman–Crippen LogP) is 4.50. The van der Waals surface area contributed by atoms with Gasteiger partial charge in [-0.2, -0.15) is 4.72 Å². The molecule has 0 bridgehead atoms. The van der Waals surface area contributed by atoms with Gasteiger partial charge in [0.2, 0.25) is 21.8 Å². The molecule has 17 heteroatoms. The van der Waals surface area contributed by atoms with E-state index < -0.39 is 58.6 Å². The van der Waals surface area contributed by atoms with Gasteiger partial charge in [0.05, 0.1) is 25.2 Å². The molecule has 0 saturated carbocycles. The first kappa shape index (κ1) is 45.1. The molecule has 4 rings (SSSR count). The number of benzene rings is 2. The van der Waals surface area contributed by atoms with Crippen molar-refractivity contribution in [3.63, 3.8) is 0 Å². The Morgan fingerprint density at radius 3 is 1.98 bits per heavy atom. The molecule has 0 spiro atoms. The summed E-state index contributed by atoms with van der Waals surface area (Å²) in [5.41, 5.74) is -0.580. The molecule has 0 aromatic heterocycles. The molecule has 2 aliphatic rings. The maximum atomic E-state index is 13.6. The monoisotopic (exact) mass is 817 g/mol. The van der Waals surface area contributed by atoms with Crippen LogP contribution >= 0.6 is 0 Å². The Balaban J connectivity index is 1.35. The number of nitrogens with zero attached hydrogens (tertiary/aromatic N) is 2. The number of fused-ring (bicyclic) bond motifs is 1. The molecule has 0 aliphatic carbocycles. The lowest BCUT2D eigenvalue weighted by Crippen LogP contribution is -2.50. The van der Waals surface area contributed by atoms with E-state index in [-0.39, 0.29) is 29.4 Å². The number of sulfonamides is 1. The first-order valence-corrected chi connectivity index (χ1v) is 21.2. The zero-order chi connectivity index (χ0) is 41.8. The van der Waals surface area contributed by atoms with Crippen LogP contribution in [0.5, 0.6) is 5.75 Å². The van der Waals surface area contributed by atoms with Crippen molar-refractivity contribution in [2.24, 2.45) is 17.8 Å². The maximum Gasteiger partial charge on any atom is 0.410 e. The highest BCUT2D eigenvalue weighted by atomic mass is 32.2. The van der Waals surface area contributed by atoms with Gasteiger partial charge in [-0.15, -0.1) is 0 Å². The lowest BCUT2D eigenvalue weighted by atomic mass is 9.84. The van der Waals surface area contributed by atoms with Crippen LogP contribution in [0.15, 0.2) is 41.3 Å². The van der Waals surface area contributed by atoms with Crippen molar-refractivity contribution >= 4 is 50.8 Å². The minimum absolute atomic E-state index is 0.0184. The number of hydrogen-bond donors (Lipinski definition) is 4. The Labute approximate surface area is 335 Å². The van der Waals surface area contributed by atoms with Crippen LogP contribution in [0.1, 0.15) is 79.1 Å². The van der Waals surface area contributed by atoms with Crippen molar-refractivity contribution in [2.75, 3.05) is 53.0 Å². The third-order valence-electron chi connectivity index (χ3n) is 10.5. The first-order valence-electron chi connectivity index (χ1n) is 19.8. The highest BCUT2D eigenvalue weighted by Crippen LogP contribution is 2.32. The zero-order valence-electron chi connectivity index (χ0n) is 33.7. The molecule has 0 radical (unpaired) electrons. The van der Waals surface area contributed by atoms with E-state index in [9.17, 15) is 37.5 Å². The lowest BCUT2D eigenvalue weighted by molar-refractivity contribution is -0.145. The standard InChI is InChI=1S/C40H59N5O11S/c1-6-55-37(48)32(43-57(52,53)34-16-15-33(54-5)30-9-7-8-10-31(30)34)25-41-35(46)26-42-36(47)29(13-11-27-17-21-44(22-18-27)38(49)50)14-12-28-19-23-45(24-20-28)39(51)56-40(2,3)4/h7-10,15-16,27-29,32,43H,6,11-14,17-26H2,1-5H3,(H,41,46)(H,42,47)(H,49,50)/t29?,32-/m0/s1. The number of ether oxygens (including phenoxy) is 3. The molecule has 2 atom stereocenters. The first-order chi connectivity index (χ1) is 27.0. The third kappa shape index (κ3) is 13.5. The van der Waals surface area contributed by atoms with E-state index in [0.29, 0.717) is 74.3 Å². The van der Waals surface area contributed by atoms with Crippen LogP contribution in [0.2, 0.25) is 0 Å². The van der Waals surface area contributed by atoms with Crippen molar-refractivity contribution in [3.05, 3.63) is 36.4 Å². The molecule has 2 aliphatic heterocycles. The molecule has 4 amide bonds. The van der Waals surface area contributed by atoms with E-state index >= 15 is 0 Å². The molecule has 57 heavy (non-hydrogen) atoms. The molecule has 2 aromatic rings. The number of likely N-dealkylation sites (tertiary alicyclic amines) is 2.